The summed E-state index contributed by atoms with van der Waals surface area (Å²) >= 11 is 0. The Hall–Kier alpha value is -1.49. The molecule has 2 rings (SSSR count). The Morgan fingerprint density at radius 1 is 1.33 bits per heavy atom. The Morgan fingerprint density at radius 2 is 2.06 bits per heavy atom. The molecule has 1 aromatic carbocycles. The molecule has 0 saturated carbocycles. The van der Waals surface area contributed by atoms with Crippen LogP contribution in [0.15, 0.2) is 18.2 Å². The van der Waals surface area contributed by atoms with E-state index in [1.54, 1.807) is 0 Å². The maximum absolute atomic E-state index is 12.9. The van der Waals surface area contributed by atoms with Crippen LogP contribution in [-0.4, -0.2) is 19.0 Å². The van der Waals surface area contributed by atoms with E-state index in [9.17, 15) is 13.6 Å². The maximum atomic E-state index is 12.9. The first kappa shape index (κ1) is 13.0. The van der Waals surface area contributed by atoms with Gasteiger partial charge in [0.25, 0.3) is 0 Å². The molecule has 1 fully saturated rings. The van der Waals surface area contributed by atoms with E-state index in [-0.39, 0.29) is 11.6 Å². The number of carbonyl (C=O) groups is 1. The number of rotatable bonds is 3. The number of nitrogens with one attached hydrogen (secondary N) is 2. The molecule has 18 heavy (non-hydrogen) atoms. The van der Waals surface area contributed by atoms with Crippen molar-refractivity contribution in [3.63, 3.8) is 0 Å². The molecule has 0 aromatic heterocycles. The van der Waals surface area contributed by atoms with Gasteiger partial charge in [0.05, 0.1) is 0 Å². The van der Waals surface area contributed by atoms with Gasteiger partial charge in [-0.15, -0.1) is 0 Å². The third kappa shape index (κ3) is 3.77. The van der Waals surface area contributed by atoms with Crippen LogP contribution in [0, 0.1) is 17.6 Å². The van der Waals surface area contributed by atoms with Gasteiger partial charge >= 0.3 is 0 Å². The van der Waals surface area contributed by atoms with Gasteiger partial charge in [0.1, 0.15) is 11.6 Å². The van der Waals surface area contributed by atoms with Crippen LogP contribution in [0.4, 0.5) is 14.5 Å². The summed E-state index contributed by atoms with van der Waals surface area (Å²) in [5.41, 5.74) is 0.168. The molecule has 1 atom stereocenters. The first-order chi connectivity index (χ1) is 8.63. The number of piperidine rings is 1. The first-order valence-electron chi connectivity index (χ1n) is 6.10. The highest BCUT2D eigenvalue weighted by Crippen LogP contribution is 2.17. The van der Waals surface area contributed by atoms with Gasteiger partial charge < -0.3 is 10.6 Å². The van der Waals surface area contributed by atoms with Gasteiger partial charge in [-0.1, -0.05) is 0 Å². The highest BCUT2D eigenvalue weighted by Gasteiger charge is 2.17. The van der Waals surface area contributed by atoms with Crippen molar-refractivity contribution in [1.82, 2.24) is 5.32 Å². The van der Waals surface area contributed by atoms with E-state index in [0.717, 1.165) is 44.1 Å². The highest BCUT2D eigenvalue weighted by atomic mass is 19.1. The Balaban J connectivity index is 1.89. The number of amides is 1. The number of hydrogen-bond acceptors (Lipinski definition) is 2. The molecule has 1 heterocycles. The number of benzene rings is 1. The Bertz CT molecular complexity index is 411. The van der Waals surface area contributed by atoms with E-state index >= 15 is 0 Å². The quantitative estimate of drug-likeness (QED) is 0.869. The third-order valence-corrected chi connectivity index (χ3v) is 3.02. The van der Waals surface area contributed by atoms with Gasteiger partial charge in [-0.25, -0.2) is 8.78 Å². The van der Waals surface area contributed by atoms with Crippen molar-refractivity contribution in [2.45, 2.75) is 19.3 Å². The van der Waals surface area contributed by atoms with E-state index in [4.69, 9.17) is 0 Å². The second kappa shape index (κ2) is 5.91. The minimum absolute atomic E-state index is 0.168. The second-order valence-corrected chi connectivity index (χ2v) is 4.62. The fourth-order valence-electron chi connectivity index (χ4n) is 2.20. The van der Waals surface area contributed by atoms with Gasteiger partial charge in [-0.3, -0.25) is 4.79 Å². The fourth-order valence-corrected chi connectivity index (χ4v) is 2.20. The van der Waals surface area contributed by atoms with E-state index < -0.39 is 11.6 Å². The molecule has 3 nitrogen and oxygen atoms in total. The molecular formula is C13H16F2N2O. The zero-order valence-corrected chi connectivity index (χ0v) is 10.0. The zero-order chi connectivity index (χ0) is 13.0. The molecule has 1 aromatic rings. The summed E-state index contributed by atoms with van der Waals surface area (Å²) < 4.78 is 25.9. The molecule has 1 aliphatic rings. The lowest BCUT2D eigenvalue weighted by molar-refractivity contribution is -0.117. The molecule has 0 bridgehead atoms. The molecule has 98 valence electrons. The Kier molecular flexibility index (Phi) is 4.25. The van der Waals surface area contributed by atoms with Crippen molar-refractivity contribution in [1.29, 1.82) is 0 Å². The van der Waals surface area contributed by atoms with Crippen LogP contribution >= 0.6 is 0 Å². The van der Waals surface area contributed by atoms with Crippen molar-refractivity contribution in [3.05, 3.63) is 29.8 Å². The third-order valence-electron chi connectivity index (χ3n) is 3.02. The van der Waals surface area contributed by atoms with Crippen LogP contribution in [0.5, 0.6) is 0 Å². The second-order valence-electron chi connectivity index (χ2n) is 4.62. The lowest BCUT2D eigenvalue weighted by atomic mass is 9.96. The normalized spacial score (nSPS) is 19.6. The van der Waals surface area contributed by atoms with E-state index in [2.05, 4.69) is 10.6 Å². The van der Waals surface area contributed by atoms with Gasteiger partial charge in [-0.05, 0) is 44.0 Å². The number of anilines is 1. The van der Waals surface area contributed by atoms with E-state index in [0.29, 0.717) is 12.3 Å². The summed E-state index contributed by atoms with van der Waals surface area (Å²) in [7, 11) is 0. The summed E-state index contributed by atoms with van der Waals surface area (Å²) in [6.45, 7) is 1.82. The molecule has 0 radical (unpaired) electrons. The van der Waals surface area contributed by atoms with Crippen molar-refractivity contribution in [2.75, 3.05) is 18.4 Å². The van der Waals surface area contributed by atoms with Crippen LogP contribution in [0.1, 0.15) is 19.3 Å². The maximum Gasteiger partial charge on any atom is 0.224 e. The molecule has 1 unspecified atom stereocenters. The highest BCUT2D eigenvalue weighted by molar-refractivity contribution is 5.90. The number of halogens is 2. The van der Waals surface area contributed by atoms with Crippen LogP contribution in [0.25, 0.3) is 0 Å². The molecule has 1 aliphatic heterocycles. The predicted octanol–water partition coefficient (Wildman–Crippen LogP) is 2.29. The van der Waals surface area contributed by atoms with Gasteiger partial charge in [0.2, 0.25) is 5.91 Å². The van der Waals surface area contributed by atoms with Crippen molar-refractivity contribution >= 4 is 11.6 Å². The number of carbonyl (C=O) groups excluding carboxylic acids is 1. The van der Waals surface area contributed by atoms with Crippen molar-refractivity contribution in [2.24, 2.45) is 5.92 Å². The summed E-state index contributed by atoms with van der Waals surface area (Å²) in [4.78, 5) is 11.7. The summed E-state index contributed by atoms with van der Waals surface area (Å²) in [6, 6.07) is 3.00. The average Bonchev–Trinajstić information content (AvgIpc) is 2.28. The predicted molar refractivity (Wildman–Crippen MR) is 65.2 cm³/mol. The fraction of sp³-hybridized carbons (Fsp3) is 0.462. The largest absolute Gasteiger partial charge is 0.326 e. The Morgan fingerprint density at radius 3 is 2.67 bits per heavy atom. The SMILES string of the molecule is O=C(CC1CCCNC1)Nc1cc(F)cc(F)c1. The minimum atomic E-state index is -0.690. The van der Waals surface area contributed by atoms with Crippen LogP contribution in [0.2, 0.25) is 0 Å². The molecular weight excluding hydrogens is 238 g/mol. The molecule has 1 amide bonds. The number of hydrogen-bond donors (Lipinski definition) is 2. The van der Waals surface area contributed by atoms with Gasteiger partial charge in [0, 0.05) is 18.2 Å². The molecule has 0 spiro atoms. The minimum Gasteiger partial charge on any atom is -0.326 e. The lowest BCUT2D eigenvalue weighted by Gasteiger charge is -2.22. The van der Waals surface area contributed by atoms with Crippen LogP contribution in [0.3, 0.4) is 0 Å². The first-order valence-corrected chi connectivity index (χ1v) is 6.10. The molecule has 1 saturated heterocycles. The van der Waals surface area contributed by atoms with Gasteiger partial charge in [0.15, 0.2) is 0 Å². The van der Waals surface area contributed by atoms with E-state index in [1.165, 1.54) is 0 Å². The van der Waals surface area contributed by atoms with Gasteiger partial charge in [-0.2, -0.15) is 0 Å². The summed E-state index contributed by atoms with van der Waals surface area (Å²) in [5, 5.41) is 5.75. The van der Waals surface area contributed by atoms with E-state index in [1.807, 2.05) is 0 Å². The Labute approximate surface area is 105 Å². The topological polar surface area (TPSA) is 41.1 Å². The standard InChI is InChI=1S/C13H16F2N2O/c14-10-5-11(15)7-12(6-10)17-13(18)4-9-2-1-3-16-8-9/h5-7,9,16H,1-4,8H2,(H,17,18). The monoisotopic (exact) mass is 254 g/mol. The van der Waals surface area contributed by atoms with Crippen LogP contribution in [-0.2, 0) is 4.79 Å². The van der Waals surface area contributed by atoms with Crippen LogP contribution < -0.4 is 10.6 Å². The smallest absolute Gasteiger partial charge is 0.224 e. The summed E-state index contributed by atoms with van der Waals surface area (Å²) in [5.74, 6) is -1.28. The zero-order valence-electron chi connectivity index (χ0n) is 10.0. The lowest BCUT2D eigenvalue weighted by Crippen LogP contribution is -2.32. The molecule has 0 aliphatic carbocycles. The van der Waals surface area contributed by atoms with Crippen molar-refractivity contribution < 1.29 is 13.6 Å². The summed E-state index contributed by atoms with van der Waals surface area (Å²) in [6.07, 6.45) is 2.45. The average molecular weight is 254 g/mol. The van der Waals surface area contributed by atoms with Crippen molar-refractivity contribution in [3.8, 4) is 0 Å². The molecule has 2 N–H and O–H groups in total. The molecule has 5 heteroatoms.